The normalized spacial score (nSPS) is 11.6. The minimum absolute atomic E-state index is 0.00249. The zero-order chi connectivity index (χ0) is 19.4. The summed E-state index contributed by atoms with van der Waals surface area (Å²) in [5.41, 5.74) is 5.19. The monoisotopic (exact) mass is 376 g/mol. The Morgan fingerprint density at radius 2 is 1.44 bits per heavy atom. The quantitative estimate of drug-likeness (QED) is 0.464. The molecule has 3 aromatic rings. The number of rotatable bonds is 5. The molecule has 140 valence electrons. The van der Waals surface area contributed by atoms with Crippen molar-refractivity contribution >= 4 is 11.8 Å². The van der Waals surface area contributed by atoms with Crippen LogP contribution in [0.25, 0.3) is 22.3 Å². The summed E-state index contributed by atoms with van der Waals surface area (Å²) in [6, 6.07) is 22.9. The van der Waals surface area contributed by atoms with E-state index in [2.05, 4.69) is 76.2 Å². The molecule has 0 aliphatic carbocycles. The second-order valence-corrected chi connectivity index (χ2v) is 9.02. The van der Waals surface area contributed by atoms with Gasteiger partial charge in [-0.3, -0.25) is 0 Å². The number of phenolic OH excluding ortho intramolecular Hbond substituents is 1. The van der Waals surface area contributed by atoms with E-state index in [9.17, 15) is 5.11 Å². The average molecular weight is 377 g/mol. The van der Waals surface area contributed by atoms with Gasteiger partial charge in [-0.1, -0.05) is 76.2 Å². The largest absolute Gasteiger partial charge is 0.507 e. The number of phenols is 1. The topological polar surface area (TPSA) is 20.2 Å². The van der Waals surface area contributed by atoms with Gasteiger partial charge < -0.3 is 5.11 Å². The van der Waals surface area contributed by atoms with E-state index in [1.54, 1.807) is 0 Å². The number of hydrogen-bond acceptors (Lipinski definition) is 2. The van der Waals surface area contributed by atoms with Gasteiger partial charge in [-0.05, 0) is 52.5 Å². The Labute approximate surface area is 167 Å². The number of benzene rings is 3. The van der Waals surface area contributed by atoms with E-state index in [0.29, 0.717) is 5.75 Å². The number of hydrogen-bond donors (Lipinski definition) is 1. The van der Waals surface area contributed by atoms with Crippen LogP contribution >= 0.6 is 11.8 Å². The molecule has 2 heteroatoms. The molecule has 0 unspecified atom stereocenters. The molecule has 0 heterocycles. The third-order valence-corrected chi connectivity index (χ3v) is 5.98. The lowest BCUT2D eigenvalue weighted by atomic mass is 9.82. The summed E-state index contributed by atoms with van der Waals surface area (Å²) in [6.45, 7) is 8.85. The molecule has 1 nitrogen and oxygen atoms in total. The SMILES string of the molecule is CCCSc1ccccc1-c1cc(C(C)(C)C)cc(-c2ccccc2)c1O. The lowest BCUT2D eigenvalue weighted by Crippen LogP contribution is -2.11. The van der Waals surface area contributed by atoms with Crippen molar-refractivity contribution in [3.05, 3.63) is 72.3 Å². The molecule has 0 atom stereocenters. The van der Waals surface area contributed by atoms with Crippen molar-refractivity contribution in [3.63, 3.8) is 0 Å². The Morgan fingerprint density at radius 3 is 2.11 bits per heavy atom. The molecule has 0 amide bonds. The van der Waals surface area contributed by atoms with Crippen LogP contribution in [0.5, 0.6) is 5.75 Å². The van der Waals surface area contributed by atoms with E-state index in [4.69, 9.17) is 0 Å². The van der Waals surface area contributed by atoms with E-state index in [-0.39, 0.29) is 5.41 Å². The molecule has 0 aliphatic heterocycles. The van der Waals surface area contributed by atoms with Crippen LogP contribution in [0.3, 0.4) is 0 Å². The maximum absolute atomic E-state index is 11.2. The highest BCUT2D eigenvalue weighted by molar-refractivity contribution is 7.99. The first kappa shape index (κ1) is 19.6. The van der Waals surface area contributed by atoms with Crippen molar-refractivity contribution in [2.45, 2.75) is 44.4 Å². The Hall–Kier alpha value is -2.19. The highest BCUT2D eigenvalue weighted by Gasteiger charge is 2.21. The van der Waals surface area contributed by atoms with Crippen LogP contribution < -0.4 is 0 Å². The van der Waals surface area contributed by atoms with E-state index >= 15 is 0 Å². The molecule has 0 aliphatic rings. The summed E-state index contributed by atoms with van der Waals surface area (Å²) >= 11 is 1.85. The fourth-order valence-electron chi connectivity index (χ4n) is 3.14. The Balaban J connectivity index is 2.25. The predicted octanol–water partition coefficient (Wildman–Crippen LogP) is 7.53. The zero-order valence-corrected chi connectivity index (χ0v) is 17.4. The molecule has 0 fully saturated rings. The first-order valence-electron chi connectivity index (χ1n) is 9.57. The summed E-state index contributed by atoms with van der Waals surface area (Å²) < 4.78 is 0. The fraction of sp³-hybridized carbons (Fsp3) is 0.280. The van der Waals surface area contributed by atoms with Crippen LogP contribution in [0.15, 0.2) is 71.6 Å². The number of aromatic hydroxyl groups is 1. The summed E-state index contributed by atoms with van der Waals surface area (Å²) in [5, 5.41) is 11.2. The lowest BCUT2D eigenvalue weighted by Gasteiger charge is -2.23. The molecule has 1 N–H and O–H groups in total. The van der Waals surface area contributed by atoms with Gasteiger partial charge in [-0.25, -0.2) is 0 Å². The van der Waals surface area contributed by atoms with Crippen molar-refractivity contribution in [1.29, 1.82) is 0 Å². The maximum Gasteiger partial charge on any atom is 0.131 e. The first-order valence-corrected chi connectivity index (χ1v) is 10.6. The van der Waals surface area contributed by atoms with Crippen molar-refractivity contribution in [3.8, 4) is 28.0 Å². The molecule has 0 aromatic heterocycles. The van der Waals surface area contributed by atoms with Crippen LogP contribution in [-0.2, 0) is 5.41 Å². The summed E-state index contributed by atoms with van der Waals surface area (Å²) in [6.07, 6.45) is 1.13. The minimum Gasteiger partial charge on any atom is -0.507 e. The van der Waals surface area contributed by atoms with E-state index < -0.39 is 0 Å². The molecular formula is C25H28OS. The zero-order valence-electron chi connectivity index (χ0n) is 16.6. The molecule has 0 saturated heterocycles. The molecule has 0 saturated carbocycles. The van der Waals surface area contributed by atoms with Gasteiger partial charge in [0.1, 0.15) is 5.75 Å². The van der Waals surface area contributed by atoms with Gasteiger partial charge in [0.2, 0.25) is 0 Å². The molecule has 3 rings (SSSR count). The molecule has 0 radical (unpaired) electrons. The van der Waals surface area contributed by atoms with Gasteiger partial charge in [0.05, 0.1) is 0 Å². The maximum atomic E-state index is 11.2. The van der Waals surface area contributed by atoms with Crippen LogP contribution in [0.1, 0.15) is 39.7 Å². The van der Waals surface area contributed by atoms with Crippen LogP contribution in [-0.4, -0.2) is 10.9 Å². The second kappa shape index (κ2) is 8.22. The van der Waals surface area contributed by atoms with Crippen LogP contribution in [0, 0.1) is 0 Å². The van der Waals surface area contributed by atoms with Crippen LogP contribution in [0.4, 0.5) is 0 Å². The van der Waals surface area contributed by atoms with E-state index in [1.807, 2.05) is 30.0 Å². The average Bonchev–Trinajstić information content (AvgIpc) is 2.66. The third-order valence-electron chi connectivity index (χ3n) is 4.70. The van der Waals surface area contributed by atoms with Gasteiger partial charge in [0.15, 0.2) is 0 Å². The van der Waals surface area contributed by atoms with Crippen molar-refractivity contribution < 1.29 is 5.11 Å². The molecule has 3 aromatic carbocycles. The van der Waals surface area contributed by atoms with Gasteiger partial charge >= 0.3 is 0 Å². The number of thioether (sulfide) groups is 1. The summed E-state index contributed by atoms with van der Waals surface area (Å²) in [4.78, 5) is 1.22. The molecule has 0 spiro atoms. The molecule has 27 heavy (non-hydrogen) atoms. The predicted molar refractivity (Wildman–Crippen MR) is 119 cm³/mol. The minimum atomic E-state index is -0.00249. The standard InChI is InChI=1S/C25H28OS/c1-5-15-27-23-14-10-9-13-20(23)22-17-19(25(2,3)4)16-21(24(22)26)18-11-7-6-8-12-18/h6-14,16-17,26H,5,15H2,1-4H3. The van der Waals surface area contributed by atoms with Gasteiger partial charge in [-0.15, -0.1) is 11.8 Å². The Morgan fingerprint density at radius 1 is 0.815 bits per heavy atom. The van der Waals surface area contributed by atoms with Crippen LogP contribution in [0.2, 0.25) is 0 Å². The lowest BCUT2D eigenvalue weighted by molar-refractivity contribution is 0.478. The van der Waals surface area contributed by atoms with Gasteiger partial charge in [0, 0.05) is 16.0 Å². The van der Waals surface area contributed by atoms with E-state index in [0.717, 1.165) is 34.4 Å². The van der Waals surface area contributed by atoms with Gasteiger partial charge in [0.25, 0.3) is 0 Å². The highest BCUT2D eigenvalue weighted by Crippen LogP contribution is 2.44. The van der Waals surface area contributed by atoms with Crippen molar-refractivity contribution in [2.24, 2.45) is 0 Å². The van der Waals surface area contributed by atoms with Crippen molar-refractivity contribution in [2.75, 3.05) is 5.75 Å². The molecular weight excluding hydrogens is 348 g/mol. The van der Waals surface area contributed by atoms with E-state index in [1.165, 1.54) is 10.5 Å². The second-order valence-electron chi connectivity index (χ2n) is 7.88. The third kappa shape index (κ3) is 4.39. The van der Waals surface area contributed by atoms with Crippen molar-refractivity contribution in [1.82, 2.24) is 0 Å². The Kier molecular flexibility index (Phi) is 5.96. The Bertz CT molecular complexity index is 907. The summed E-state index contributed by atoms with van der Waals surface area (Å²) in [7, 11) is 0. The van der Waals surface area contributed by atoms with Gasteiger partial charge in [-0.2, -0.15) is 0 Å². The smallest absolute Gasteiger partial charge is 0.131 e. The molecule has 0 bridgehead atoms. The highest BCUT2D eigenvalue weighted by atomic mass is 32.2. The first-order chi connectivity index (χ1) is 12.9. The summed E-state index contributed by atoms with van der Waals surface area (Å²) in [5.74, 6) is 1.43. The fourth-order valence-corrected chi connectivity index (χ4v) is 4.07.